The molecular formula is C19H34NO8P. The van der Waals surface area contributed by atoms with Crippen LogP contribution < -0.4 is 0 Å². The Morgan fingerprint density at radius 2 is 1.55 bits per heavy atom. The Kier molecular flexibility index (Phi) is 8.74. The van der Waals surface area contributed by atoms with E-state index in [1.54, 1.807) is 47.6 Å². The van der Waals surface area contributed by atoms with Crippen LogP contribution in [0.15, 0.2) is 11.4 Å². The van der Waals surface area contributed by atoms with Crippen LogP contribution in [0.4, 0.5) is 9.59 Å². The molecule has 0 aromatic heterocycles. The van der Waals surface area contributed by atoms with Crippen molar-refractivity contribution in [3.63, 3.8) is 0 Å². The molecule has 168 valence electrons. The molecule has 0 aromatic carbocycles. The predicted octanol–water partition coefficient (Wildman–Crippen LogP) is 5.40. The summed E-state index contributed by atoms with van der Waals surface area (Å²) in [5.74, 6) is 0. The maximum atomic E-state index is 12.9. The Hall–Kier alpha value is -1.57. The third-order valence-electron chi connectivity index (χ3n) is 3.84. The summed E-state index contributed by atoms with van der Waals surface area (Å²) >= 11 is 0. The van der Waals surface area contributed by atoms with Crippen LogP contribution in [0.1, 0.15) is 67.2 Å². The van der Waals surface area contributed by atoms with Gasteiger partial charge in [0.25, 0.3) is 0 Å². The molecule has 1 rings (SSSR count). The van der Waals surface area contributed by atoms with Gasteiger partial charge in [0.1, 0.15) is 11.2 Å². The molecule has 0 aromatic rings. The maximum absolute atomic E-state index is 12.9. The van der Waals surface area contributed by atoms with E-state index in [1.165, 1.54) is 14.2 Å². The maximum Gasteiger partial charge on any atom is 0.534 e. The van der Waals surface area contributed by atoms with E-state index in [9.17, 15) is 14.2 Å². The molecule has 0 spiro atoms. The normalized spacial score (nSPS) is 18.3. The molecule has 0 fully saturated rings. The highest BCUT2D eigenvalue weighted by Crippen LogP contribution is 2.57. The van der Waals surface area contributed by atoms with Gasteiger partial charge in [-0.3, -0.25) is 9.40 Å². The van der Waals surface area contributed by atoms with E-state index in [1.807, 2.05) is 0 Å². The molecule has 0 N–H and O–H groups in total. The zero-order valence-electron chi connectivity index (χ0n) is 18.6. The lowest BCUT2D eigenvalue weighted by Crippen LogP contribution is -2.44. The summed E-state index contributed by atoms with van der Waals surface area (Å²) in [6.07, 6.45) is 2.07. The van der Waals surface area contributed by atoms with Gasteiger partial charge in [0.2, 0.25) is 0 Å². The average molecular weight is 435 g/mol. The Labute approximate surface area is 173 Å². The van der Waals surface area contributed by atoms with E-state index in [2.05, 4.69) is 0 Å². The largest absolute Gasteiger partial charge is 0.534 e. The number of rotatable bonds is 4. The summed E-state index contributed by atoms with van der Waals surface area (Å²) in [5, 5.41) is 1.26. The fourth-order valence-electron chi connectivity index (χ4n) is 2.67. The lowest BCUT2D eigenvalue weighted by molar-refractivity contribution is -0.148. The van der Waals surface area contributed by atoms with Gasteiger partial charge in [-0.05, 0) is 66.9 Å². The van der Waals surface area contributed by atoms with Gasteiger partial charge < -0.3 is 18.5 Å². The number of allylic oxidation sites excluding steroid dienone is 1. The molecule has 1 unspecified atom stereocenters. The summed E-state index contributed by atoms with van der Waals surface area (Å²) in [7, 11) is -0.891. The number of carbonyl (C=O) groups excluding carboxylic acids is 2. The highest BCUT2D eigenvalue weighted by molar-refractivity contribution is 7.58. The van der Waals surface area contributed by atoms with Crippen molar-refractivity contribution < 1.29 is 37.5 Å². The molecule has 29 heavy (non-hydrogen) atoms. The second-order valence-electron chi connectivity index (χ2n) is 8.70. The van der Waals surface area contributed by atoms with Crippen LogP contribution in [0.25, 0.3) is 0 Å². The highest BCUT2D eigenvalue weighted by Gasteiger charge is 2.36. The van der Waals surface area contributed by atoms with Crippen molar-refractivity contribution in [3.05, 3.63) is 11.4 Å². The second-order valence-corrected chi connectivity index (χ2v) is 11.0. The smallest absolute Gasteiger partial charge is 0.442 e. The Bertz CT molecular complexity index is 654. The second kappa shape index (κ2) is 9.96. The quantitative estimate of drug-likeness (QED) is 0.329. The van der Waals surface area contributed by atoms with Gasteiger partial charge in [0.15, 0.2) is 0 Å². The van der Waals surface area contributed by atoms with E-state index < -0.39 is 37.1 Å². The van der Waals surface area contributed by atoms with Crippen molar-refractivity contribution in [3.8, 4) is 0 Å². The number of hydroxylamine groups is 2. The molecule has 0 saturated carbocycles. The molecule has 1 atom stereocenters. The predicted molar refractivity (Wildman–Crippen MR) is 107 cm³/mol. The van der Waals surface area contributed by atoms with Crippen LogP contribution >= 0.6 is 7.60 Å². The van der Waals surface area contributed by atoms with E-state index >= 15 is 0 Å². The number of hydrogen-bond donors (Lipinski definition) is 0. The molecule has 0 radical (unpaired) electrons. The third-order valence-corrected chi connectivity index (χ3v) is 5.87. The first-order valence-corrected chi connectivity index (χ1v) is 11.1. The molecule has 0 saturated heterocycles. The molecule has 1 amide bonds. The Morgan fingerprint density at radius 1 is 1.00 bits per heavy atom. The first-order valence-electron chi connectivity index (χ1n) is 9.56. The SMILES string of the molecule is COP(=O)(OC)C1=CC(N(OC(=O)OC(C)(C)C)C(=O)OC(C)(C)C)CCCC1. The molecule has 0 heterocycles. The van der Waals surface area contributed by atoms with E-state index in [4.69, 9.17) is 23.4 Å². The van der Waals surface area contributed by atoms with Crippen LogP contribution in [0.5, 0.6) is 0 Å². The lowest BCUT2D eigenvalue weighted by Gasteiger charge is -2.31. The number of hydrogen-bond acceptors (Lipinski definition) is 8. The summed E-state index contributed by atoms with van der Waals surface area (Å²) in [4.78, 5) is 30.3. The van der Waals surface area contributed by atoms with Crippen LogP contribution in [0.3, 0.4) is 0 Å². The summed E-state index contributed by atoms with van der Waals surface area (Å²) in [5.41, 5.74) is -1.61. The standard InChI is InChI=1S/C19H34NO8P/c1-18(2,3)26-16(21)20(28-17(22)27-19(4,5)6)14-11-9-10-12-15(13-14)29(23,24-7)25-8/h13-14H,9-12H2,1-8H3. The van der Waals surface area contributed by atoms with Crippen molar-refractivity contribution in [1.82, 2.24) is 5.06 Å². The fourth-order valence-corrected chi connectivity index (χ4v) is 4.07. The minimum atomic E-state index is -3.49. The van der Waals surface area contributed by atoms with Crippen LogP contribution in [0.2, 0.25) is 0 Å². The zero-order valence-corrected chi connectivity index (χ0v) is 19.5. The first kappa shape index (κ1) is 25.5. The van der Waals surface area contributed by atoms with Crippen LogP contribution in [-0.2, 0) is 27.9 Å². The van der Waals surface area contributed by atoms with Gasteiger partial charge in [-0.15, -0.1) is 5.06 Å². The van der Waals surface area contributed by atoms with Crippen LogP contribution in [-0.4, -0.2) is 48.8 Å². The summed E-state index contributed by atoms with van der Waals surface area (Å²) in [6, 6.07) is -0.714. The lowest BCUT2D eigenvalue weighted by atomic mass is 10.1. The van der Waals surface area contributed by atoms with Crippen LogP contribution in [0, 0.1) is 0 Å². The third kappa shape index (κ3) is 8.36. The molecule has 10 heteroatoms. The molecule has 1 aliphatic rings. The minimum Gasteiger partial charge on any atom is -0.442 e. The molecule has 1 aliphatic carbocycles. The van der Waals surface area contributed by atoms with Gasteiger partial charge in [-0.2, -0.15) is 0 Å². The van der Waals surface area contributed by atoms with Gasteiger partial charge in [-0.25, -0.2) is 9.59 Å². The number of amides is 1. The number of ether oxygens (including phenoxy) is 2. The number of nitrogens with zero attached hydrogens (tertiary/aromatic N) is 1. The highest BCUT2D eigenvalue weighted by atomic mass is 31.2. The van der Waals surface area contributed by atoms with Crippen molar-refractivity contribution in [1.29, 1.82) is 0 Å². The molecule has 0 aliphatic heterocycles. The van der Waals surface area contributed by atoms with Gasteiger partial charge in [-0.1, -0.05) is 6.42 Å². The van der Waals surface area contributed by atoms with Crippen molar-refractivity contribution in [2.24, 2.45) is 0 Å². The van der Waals surface area contributed by atoms with E-state index in [0.717, 1.165) is 5.06 Å². The first-order chi connectivity index (χ1) is 13.2. The average Bonchev–Trinajstić information content (AvgIpc) is 2.82. The summed E-state index contributed by atoms with van der Waals surface area (Å²) < 4.78 is 33.6. The Balaban J connectivity index is 3.25. The van der Waals surface area contributed by atoms with Gasteiger partial charge >= 0.3 is 19.8 Å². The summed E-state index contributed by atoms with van der Waals surface area (Å²) in [6.45, 7) is 10.2. The monoisotopic (exact) mass is 435 g/mol. The fraction of sp³-hybridized carbons (Fsp3) is 0.789. The molecular weight excluding hydrogens is 401 g/mol. The topological polar surface area (TPSA) is 101 Å². The van der Waals surface area contributed by atoms with E-state index in [0.29, 0.717) is 31.0 Å². The molecule has 9 nitrogen and oxygen atoms in total. The Morgan fingerprint density at radius 3 is 2.03 bits per heavy atom. The van der Waals surface area contributed by atoms with E-state index in [-0.39, 0.29) is 0 Å². The zero-order chi connectivity index (χ0) is 22.5. The number of carbonyl (C=O) groups is 2. The van der Waals surface area contributed by atoms with Gasteiger partial charge in [0, 0.05) is 19.5 Å². The van der Waals surface area contributed by atoms with Gasteiger partial charge in [0.05, 0.1) is 6.04 Å². The molecule has 0 bridgehead atoms. The van der Waals surface area contributed by atoms with Crippen molar-refractivity contribution in [2.45, 2.75) is 84.5 Å². The van der Waals surface area contributed by atoms with Crippen molar-refractivity contribution in [2.75, 3.05) is 14.2 Å². The minimum absolute atomic E-state index is 0.423. The van der Waals surface area contributed by atoms with Crippen molar-refractivity contribution >= 4 is 19.8 Å².